The molecule has 15 heavy (non-hydrogen) atoms. The monoisotopic (exact) mass is 214 g/mol. The summed E-state index contributed by atoms with van der Waals surface area (Å²) in [5.41, 5.74) is 0.206. The lowest BCUT2D eigenvalue weighted by Crippen LogP contribution is -2.36. The minimum atomic E-state index is 0.206. The number of nitrogens with zero attached hydrogens (tertiary/aromatic N) is 1. The van der Waals surface area contributed by atoms with Crippen LogP contribution < -0.4 is 5.32 Å². The van der Waals surface area contributed by atoms with Crippen molar-refractivity contribution in [2.24, 2.45) is 5.41 Å². The standard InChI is InChI=1S/C12H26N2O/c1-14(2)9-5-8-13-10-12(11-15)6-3-4-7-12/h13,15H,3-11H2,1-2H3. The van der Waals surface area contributed by atoms with Gasteiger partial charge in [0.2, 0.25) is 0 Å². The molecular weight excluding hydrogens is 188 g/mol. The van der Waals surface area contributed by atoms with Crippen molar-refractivity contribution < 1.29 is 5.11 Å². The van der Waals surface area contributed by atoms with Gasteiger partial charge in [-0.2, -0.15) is 0 Å². The van der Waals surface area contributed by atoms with E-state index in [0.717, 1.165) is 19.6 Å². The van der Waals surface area contributed by atoms with Gasteiger partial charge in [-0.3, -0.25) is 0 Å². The average Bonchev–Trinajstić information content (AvgIpc) is 2.66. The van der Waals surface area contributed by atoms with Crippen molar-refractivity contribution in [2.75, 3.05) is 40.3 Å². The molecule has 3 nitrogen and oxygen atoms in total. The molecule has 1 aliphatic rings. The highest BCUT2D eigenvalue weighted by atomic mass is 16.3. The Morgan fingerprint density at radius 1 is 1.27 bits per heavy atom. The fourth-order valence-electron chi connectivity index (χ4n) is 2.39. The Morgan fingerprint density at radius 3 is 2.47 bits per heavy atom. The van der Waals surface area contributed by atoms with Gasteiger partial charge in [-0.1, -0.05) is 12.8 Å². The Bertz CT molecular complexity index is 165. The summed E-state index contributed by atoms with van der Waals surface area (Å²) in [5.74, 6) is 0. The molecule has 0 aliphatic heterocycles. The van der Waals surface area contributed by atoms with Crippen molar-refractivity contribution in [3.05, 3.63) is 0 Å². The van der Waals surface area contributed by atoms with E-state index in [-0.39, 0.29) is 5.41 Å². The molecule has 3 heteroatoms. The summed E-state index contributed by atoms with van der Waals surface area (Å²) >= 11 is 0. The van der Waals surface area contributed by atoms with Gasteiger partial charge in [-0.15, -0.1) is 0 Å². The first-order valence-corrected chi connectivity index (χ1v) is 6.15. The SMILES string of the molecule is CN(C)CCCNCC1(CO)CCCC1. The van der Waals surface area contributed by atoms with Gasteiger partial charge in [0.15, 0.2) is 0 Å². The molecule has 0 aromatic heterocycles. The van der Waals surface area contributed by atoms with E-state index in [1.54, 1.807) is 0 Å². The summed E-state index contributed by atoms with van der Waals surface area (Å²) in [4.78, 5) is 2.21. The third-order valence-electron chi connectivity index (χ3n) is 3.46. The lowest BCUT2D eigenvalue weighted by molar-refractivity contribution is 0.128. The van der Waals surface area contributed by atoms with E-state index in [2.05, 4.69) is 24.3 Å². The lowest BCUT2D eigenvalue weighted by Gasteiger charge is -2.26. The third-order valence-corrected chi connectivity index (χ3v) is 3.46. The minimum absolute atomic E-state index is 0.206. The fraction of sp³-hybridized carbons (Fsp3) is 1.00. The molecule has 0 heterocycles. The van der Waals surface area contributed by atoms with Gasteiger partial charge in [0.25, 0.3) is 0 Å². The zero-order valence-corrected chi connectivity index (χ0v) is 10.3. The molecule has 1 fully saturated rings. The molecule has 1 saturated carbocycles. The van der Waals surface area contributed by atoms with Gasteiger partial charge < -0.3 is 15.3 Å². The second kappa shape index (κ2) is 6.46. The number of rotatable bonds is 7. The molecule has 90 valence electrons. The molecule has 2 N–H and O–H groups in total. The number of nitrogens with one attached hydrogen (secondary N) is 1. The van der Waals surface area contributed by atoms with Crippen molar-refractivity contribution in [3.63, 3.8) is 0 Å². The first-order valence-electron chi connectivity index (χ1n) is 6.15. The minimum Gasteiger partial charge on any atom is -0.396 e. The van der Waals surface area contributed by atoms with Crippen LogP contribution in [0.1, 0.15) is 32.1 Å². The number of aliphatic hydroxyl groups excluding tert-OH is 1. The van der Waals surface area contributed by atoms with E-state index in [1.165, 1.54) is 32.1 Å². The topological polar surface area (TPSA) is 35.5 Å². The molecule has 0 amide bonds. The van der Waals surface area contributed by atoms with Gasteiger partial charge in [0.1, 0.15) is 0 Å². The second-order valence-electron chi connectivity index (χ2n) is 5.20. The summed E-state index contributed by atoms with van der Waals surface area (Å²) in [5, 5.41) is 12.9. The molecule has 0 aromatic rings. The summed E-state index contributed by atoms with van der Waals surface area (Å²) in [6.45, 7) is 3.56. The Morgan fingerprint density at radius 2 is 1.93 bits per heavy atom. The predicted molar refractivity (Wildman–Crippen MR) is 64.0 cm³/mol. The van der Waals surface area contributed by atoms with Crippen LogP contribution in [0, 0.1) is 5.41 Å². The van der Waals surface area contributed by atoms with Crippen molar-refractivity contribution in [1.29, 1.82) is 0 Å². The summed E-state index contributed by atoms with van der Waals surface area (Å²) in [6.07, 6.45) is 6.17. The molecule has 1 rings (SSSR count). The molecule has 0 aromatic carbocycles. The maximum Gasteiger partial charge on any atom is 0.0499 e. The first-order chi connectivity index (χ1) is 7.18. The van der Waals surface area contributed by atoms with Gasteiger partial charge >= 0.3 is 0 Å². The summed E-state index contributed by atoms with van der Waals surface area (Å²) < 4.78 is 0. The van der Waals surface area contributed by atoms with Crippen LogP contribution >= 0.6 is 0 Å². The lowest BCUT2D eigenvalue weighted by atomic mass is 9.87. The Kier molecular flexibility index (Phi) is 5.58. The average molecular weight is 214 g/mol. The van der Waals surface area contributed by atoms with E-state index < -0.39 is 0 Å². The molecule has 0 bridgehead atoms. The smallest absolute Gasteiger partial charge is 0.0499 e. The summed E-state index contributed by atoms with van der Waals surface area (Å²) in [7, 11) is 4.21. The van der Waals surface area contributed by atoms with Crippen LogP contribution in [-0.4, -0.2) is 50.3 Å². The van der Waals surface area contributed by atoms with Gasteiger partial charge in [-0.05, 0) is 46.4 Å². The molecule has 1 aliphatic carbocycles. The van der Waals surface area contributed by atoms with E-state index in [1.807, 2.05) is 0 Å². The molecule has 0 spiro atoms. The van der Waals surface area contributed by atoms with Crippen LogP contribution in [0.25, 0.3) is 0 Å². The Balaban J connectivity index is 2.07. The fourth-order valence-corrected chi connectivity index (χ4v) is 2.39. The molecular formula is C12H26N2O. The number of aliphatic hydroxyl groups is 1. The molecule has 0 saturated heterocycles. The molecule has 0 unspecified atom stereocenters. The maximum atomic E-state index is 9.41. The highest BCUT2D eigenvalue weighted by Gasteiger charge is 2.32. The van der Waals surface area contributed by atoms with E-state index in [4.69, 9.17) is 0 Å². The van der Waals surface area contributed by atoms with Crippen LogP contribution in [0.15, 0.2) is 0 Å². The molecule has 0 atom stereocenters. The van der Waals surface area contributed by atoms with Crippen molar-refractivity contribution in [2.45, 2.75) is 32.1 Å². The highest BCUT2D eigenvalue weighted by Crippen LogP contribution is 2.36. The zero-order valence-electron chi connectivity index (χ0n) is 10.3. The van der Waals surface area contributed by atoms with Crippen molar-refractivity contribution in [3.8, 4) is 0 Å². The molecule has 0 radical (unpaired) electrons. The number of hydrogen-bond acceptors (Lipinski definition) is 3. The number of hydrogen-bond donors (Lipinski definition) is 2. The maximum absolute atomic E-state index is 9.41. The van der Waals surface area contributed by atoms with Crippen LogP contribution in [0.2, 0.25) is 0 Å². The summed E-state index contributed by atoms with van der Waals surface area (Å²) in [6, 6.07) is 0. The van der Waals surface area contributed by atoms with Crippen molar-refractivity contribution in [1.82, 2.24) is 10.2 Å². The van der Waals surface area contributed by atoms with Gasteiger partial charge in [0, 0.05) is 18.6 Å². The Labute approximate surface area is 93.9 Å². The van der Waals surface area contributed by atoms with Gasteiger partial charge in [-0.25, -0.2) is 0 Å². The van der Waals surface area contributed by atoms with Crippen LogP contribution in [0.4, 0.5) is 0 Å². The van der Waals surface area contributed by atoms with Crippen molar-refractivity contribution >= 4 is 0 Å². The zero-order chi connectivity index (χ0) is 11.1. The normalized spacial score (nSPS) is 20.0. The van der Waals surface area contributed by atoms with E-state index in [9.17, 15) is 5.11 Å². The Hall–Kier alpha value is -0.120. The second-order valence-corrected chi connectivity index (χ2v) is 5.20. The largest absolute Gasteiger partial charge is 0.396 e. The highest BCUT2D eigenvalue weighted by molar-refractivity contribution is 4.85. The predicted octanol–water partition coefficient (Wildman–Crippen LogP) is 1.08. The van der Waals surface area contributed by atoms with Crippen LogP contribution in [0.5, 0.6) is 0 Å². The van der Waals surface area contributed by atoms with Crippen LogP contribution in [0.3, 0.4) is 0 Å². The van der Waals surface area contributed by atoms with E-state index in [0.29, 0.717) is 6.61 Å². The third kappa shape index (κ3) is 4.49. The first kappa shape index (κ1) is 12.9. The van der Waals surface area contributed by atoms with Gasteiger partial charge in [0.05, 0.1) is 0 Å². The quantitative estimate of drug-likeness (QED) is 0.623. The van der Waals surface area contributed by atoms with Crippen LogP contribution in [-0.2, 0) is 0 Å². The van der Waals surface area contributed by atoms with E-state index >= 15 is 0 Å².